The van der Waals surface area contributed by atoms with Crippen LogP contribution >= 0.6 is 15.9 Å². The number of rotatable bonds is 8. The van der Waals surface area contributed by atoms with Gasteiger partial charge in [-0.25, -0.2) is 4.98 Å². The highest BCUT2D eigenvalue weighted by atomic mass is 79.9. The van der Waals surface area contributed by atoms with E-state index in [2.05, 4.69) is 65.5 Å². The zero-order valence-corrected chi connectivity index (χ0v) is 20.9. The van der Waals surface area contributed by atoms with Crippen molar-refractivity contribution in [1.29, 1.82) is 0 Å². The lowest BCUT2D eigenvalue weighted by molar-refractivity contribution is -0.127. The Hall–Kier alpha value is -3.30. The van der Waals surface area contributed by atoms with Gasteiger partial charge in [-0.2, -0.15) is 4.98 Å². The van der Waals surface area contributed by atoms with E-state index in [0.717, 1.165) is 41.5 Å². The van der Waals surface area contributed by atoms with E-state index in [1.165, 1.54) is 5.56 Å². The second-order valence-corrected chi connectivity index (χ2v) is 9.78. The highest BCUT2D eigenvalue weighted by molar-refractivity contribution is 9.10. The van der Waals surface area contributed by atoms with E-state index in [4.69, 9.17) is 4.52 Å². The van der Waals surface area contributed by atoms with Crippen LogP contribution < -0.4 is 5.32 Å². The summed E-state index contributed by atoms with van der Waals surface area (Å²) in [6, 6.07) is 16.1. The fourth-order valence-corrected chi connectivity index (χ4v) is 4.75. The van der Waals surface area contributed by atoms with Gasteiger partial charge in [-0.3, -0.25) is 9.69 Å². The zero-order valence-electron chi connectivity index (χ0n) is 19.3. The second kappa shape index (κ2) is 11.0. The number of likely N-dealkylation sites (tertiary alicyclic amines) is 1. The predicted octanol–water partition coefficient (Wildman–Crippen LogP) is 4.27. The van der Waals surface area contributed by atoms with E-state index >= 15 is 0 Å². The van der Waals surface area contributed by atoms with Crippen molar-refractivity contribution < 1.29 is 9.32 Å². The summed E-state index contributed by atoms with van der Waals surface area (Å²) in [4.78, 5) is 23.7. The van der Waals surface area contributed by atoms with Gasteiger partial charge >= 0.3 is 0 Å². The van der Waals surface area contributed by atoms with Crippen molar-refractivity contribution >= 4 is 21.8 Å². The number of carbonyl (C=O) groups is 1. The Labute approximate surface area is 212 Å². The summed E-state index contributed by atoms with van der Waals surface area (Å²) in [7, 11) is 0. The lowest BCUT2D eigenvalue weighted by Crippen LogP contribution is -2.42. The van der Waals surface area contributed by atoms with Crippen LogP contribution in [0, 0.1) is 5.92 Å². The Morgan fingerprint density at radius 2 is 2.00 bits per heavy atom. The van der Waals surface area contributed by atoms with E-state index < -0.39 is 0 Å². The molecule has 1 unspecified atom stereocenters. The Morgan fingerprint density at radius 3 is 2.80 bits per heavy atom. The van der Waals surface area contributed by atoms with Crippen molar-refractivity contribution in [2.24, 2.45) is 5.92 Å². The van der Waals surface area contributed by atoms with Crippen LogP contribution in [-0.2, 0) is 24.4 Å². The normalized spacial score (nSPS) is 16.3. The molecule has 2 aromatic carbocycles. The number of piperidine rings is 1. The van der Waals surface area contributed by atoms with E-state index in [9.17, 15) is 4.79 Å². The molecule has 0 aliphatic carbocycles. The van der Waals surface area contributed by atoms with Crippen LogP contribution in [-0.4, -0.2) is 43.6 Å². The summed E-state index contributed by atoms with van der Waals surface area (Å²) in [6.07, 6.45) is 7.38. The Balaban J connectivity index is 1.11. The van der Waals surface area contributed by atoms with Gasteiger partial charge in [0.25, 0.3) is 0 Å². The van der Waals surface area contributed by atoms with Gasteiger partial charge in [0.05, 0.1) is 18.8 Å². The van der Waals surface area contributed by atoms with E-state index in [1.54, 1.807) is 12.5 Å². The average molecular weight is 535 g/mol. The minimum atomic E-state index is -0.0447. The van der Waals surface area contributed by atoms with Crippen molar-refractivity contribution in [2.45, 2.75) is 32.5 Å². The molecule has 1 saturated heterocycles. The average Bonchev–Trinajstić information content (AvgIpc) is 3.56. The summed E-state index contributed by atoms with van der Waals surface area (Å²) in [5, 5.41) is 7.23. The molecule has 1 N–H and O–H groups in total. The zero-order chi connectivity index (χ0) is 24.0. The van der Waals surface area contributed by atoms with Gasteiger partial charge in [0.15, 0.2) is 0 Å². The number of hydrogen-bond donors (Lipinski definition) is 1. The molecule has 5 rings (SSSR count). The van der Waals surface area contributed by atoms with Crippen LogP contribution in [0.1, 0.15) is 29.9 Å². The number of amides is 1. The smallest absolute Gasteiger partial charge is 0.241 e. The van der Waals surface area contributed by atoms with Crippen molar-refractivity contribution in [3.05, 3.63) is 88.7 Å². The molecule has 0 radical (unpaired) electrons. The highest BCUT2D eigenvalue weighted by Gasteiger charge is 2.26. The largest absolute Gasteiger partial charge is 0.352 e. The monoisotopic (exact) mass is 534 g/mol. The molecule has 35 heavy (non-hydrogen) atoms. The Kier molecular flexibility index (Phi) is 7.34. The molecular weight excluding hydrogens is 508 g/mol. The summed E-state index contributed by atoms with van der Waals surface area (Å²) in [5.41, 5.74) is 3.19. The summed E-state index contributed by atoms with van der Waals surface area (Å²) in [5.74, 6) is 1.19. The predicted molar refractivity (Wildman–Crippen MR) is 135 cm³/mol. The van der Waals surface area contributed by atoms with Gasteiger partial charge in [0.1, 0.15) is 0 Å². The minimum Gasteiger partial charge on any atom is -0.352 e. The molecule has 4 aromatic rings. The first-order valence-corrected chi connectivity index (χ1v) is 12.5. The van der Waals surface area contributed by atoms with Crippen molar-refractivity contribution in [1.82, 2.24) is 29.9 Å². The SMILES string of the molecule is O=C(NCc1ccc(Cn2ccnc2)cc1)C1CCCN(Cc2nc(-c3cccc(Br)c3)no2)C1. The van der Waals surface area contributed by atoms with E-state index in [1.807, 2.05) is 35.0 Å². The number of nitrogens with zero attached hydrogens (tertiary/aromatic N) is 5. The third-order valence-electron chi connectivity index (χ3n) is 6.20. The molecule has 1 fully saturated rings. The maximum absolute atomic E-state index is 12.9. The van der Waals surface area contributed by atoms with Gasteiger partial charge in [-0.05, 0) is 42.6 Å². The van der Waals surface area contributed by atoms with Gasteiger partial charge in [0, 0.05) is 42.1 Å². The van der Waals surface area contributed by atoms with E-state index in [0.29, 0.717) is 31.3 Å². The van der Waals surface area contributed by atoms with Gasteiger partial charge in [-0.1, -0.05) is 57.5 Å². The van der Waals surface area contributed by atoms with Crippen LogP contribution in [0.4, 0.5) is 0 Å². The molecule has 1 aliphatic rings. The van der Waals surface area contributed by atoms with Crippen molar-refractivity contribution in [3.63, 3.8) is 0 Å². The number of carbonyl (C=O) groups excluding carboxylic acids is 1. The summed E-state index contributed by atoms with van der Waals surface area (Å²) < 4.78 is 8.48. The third kappa shape index (κ3) is 6.23. The first kappa shape index (κ1) is 23.4. The summed E-state index contributed by atoms with van der Waals surface area (Å²) >= 11 is 3.47. The fourth-order valence-electron chi connectivity index (χ4n) is 4.36. The van der Waals surface area contributed by atoms with Gasteiger partial charge in [-0.15, -0.1) is 0 Å². The number of hydrogen-bond acceptors (Lipinski definition) is 6. The molecular formula is C26H27BrN6O2. The van der Waals surface area contributed by atoms with Crippen LogP contribution in [0.3, 0.4) is 0 Å². The third-order valence-corrected chi connectivity index (χ3v) is 6.69. The fraction of sp³-hybridized carbons (Fsp3) is 0.308. The lowest BCUT2D eigenvalue weighted by Gasteiger charge is -2.30. The molecule has 3 heterocycles. The van der Waals surface area contributed by atoms with E-state index in [-0.39, 0.29) is 11.8 Å². The molecule has 1 atom stereocenters. The van der Waals surface area contributed by atoms with Crippen LogP contribution in [0.5, 0.6) is 0 Å². The minimum absolute atomic E-state index is 0.0447. The quantitative estimate of drug-likeness (QED) is 0.363. The van der Waals surface area contributed by atoms with Gasteiger partial charge < -0.3 is 14.4 Å². The first-order chi connectivity index (χ1) is 17.1. The summed E-state index contributed by atoms with van der Waals surface area (Å²) in [6.45, 7) is 3.46. The van der Waals surface area contributed by atoms with Gasteiger partial charge in [0.2, 0.25) is 17.6 Å². The van der Waals surface area contributed by atoms with Crippen LogP contribution in [0.15, 0.2) is 76.2 Å². The van der Waals surface area contributed by atoms with Crippen LogP contribution in [0.25, 0.3) is 11.4 Å². The molecule has 1 aliphatic heterocycles. The van der Waals surface area contributed by atoms with Crippen molar-refractivity contribution in [3.8, 4) is 11.4 Å². The maximum Gasteiger partial charge on any atom is 0.241 e. The van der Waals surface area contributed by atoms with Crippen LogP contribution in [0.2, 0.25) is 0 Å². The number of nitrogens with one attached hydrogen (secondary N) is 1. The number of imidazole rings is 1. The highest BCUT2D eigenvalue weighted by Crippen LogP contribution is 2.22. The molecule has 2 aromatic heterocycles. The molecule has 1 amide bonds. The molecule has 0 saturated carbocycles. The van der Waals surface area contributed by atoms with Crippen molar-refractivity contribution in [2.75, 3.05) is 13.1 Å². The Morgan fingerprint density at radius 1 is 1.14 bits per heavy atom. The molecule has 180 valence electrons. The molecule has 0 spiro atoms. The topological polar surface area (TPSA) is 89.1 Å². The second-order valence-electron chi connectivity index (χ2n) is 8.87. The number of halogens is 1. The molecule has 9 heteroatoms. The first-order valence-electron chi connectivity index (χ1n) is 11.7. The number of aromatic nitrogens is 4. The maximum atomic E-state index is 12.9. The standard InChI is InChI=1S/C26H27BrN6O2/c27-23-5-1-3-21(13-23)25-30-24(35-31-25)17-32-11-2-4-22(16-32)26(34)29-14-19-6-8-20(9-7-19)15-33-12-10-28-18-33/h1,3,5-10,12-13,18,22H,2,4,11,14-17H2,(H,29,34). The molecule has 8 nitrogen and oxygen atoms in total. The molecule has 0 bridgehead atoms. The lowest BCUT2D eigenvalue weighted by atomic mass is 9.97. The number of benzene rings is 2. The Bertz CT molecular complexity index is 1260.